The molecule has 3 rings (SSSR count). The summed E-state index contributed by atoms with van der Waals surface area (Å²) in [6.07, 6.45) is 1.35. The first kappa shape index (κ1) is 14.5. The van der Waals surface area contributed by atoms with E-state index in [0.717, 1.165) is 0 Å². The summed E-state index contributed by atoms with van der Waals surface area (Å²) in [5.74, 6) is -0.734. The number of fused-ring (bicyclic) bond motifs is 1. The molecule has 0 N–H and O–H groups in total. The number of anilines is 1. The van der Waals surface area contributed by atoms with Gasteiger partial charge in [0.2, 0.25) is 11.8 Å². The fraction of sp³-hybridized carbons (Fsp3) is 0.429. The van der Waals surface area contributed by atoms with Crippen molar-refractivity contribution in [3.8, 4) is 0 Å². The maximum atomic E-state index is 12.6. The Balaban J connectivity index is 1.97. The quantitative estimate of drug-likeness (QED) is 0.511. The molecular weight excluding hydrogens is 409 g/mol. The number of amides is 2. The predicted octanol–water partition coefficient (Wildman–Crippen LogP) is 3.77. The molecule has 3 nitrogen and oxygen atoms in total. The lowest BCUT2D eigenvalue weighted by Crippen LogP contribution is -2.34. The highest BCUT2D eigenvalue weighted by atomic mass is 79.9. The van der Waals surface area contributed by atoms with Crippen molar-refractivity contribution in [2.45, 2.75) is 22.5 Å². The van der Waals surface area contributed by atoms with Crippen LogP contribution in [0, 0.1) is 11.8 Å². The largest absolute Gasteiger partial charge is 0.274 e. The standard InChI is InChI=1S/C14H12Br2ClNO2/c15-9-5-7-8(6-10(9)16)14(20)18(13(7)19)12-4-2-1-3-11(12)17/h1-4,7-10H,5-6H2/t7-,8-,9-,10+/m1/s1. The third kappa shape index (κ3) is 2.24. The molecule has 0 bridgehead atoms. The second-order valence-electron chi connectivity index (χ2n) is 5.18. The third-order valence-electron chi connectivity index (χ3n) is 4.00. The second kappa shape index (κ2) is 5.43. The van der Waals surface area contributed by atoms with Gasteiger partial charge in [-0.15, -0.1) is 0 Å². The van der Waals surface area contributed by atoms with Gasteiger partial charge >= 0.3 is 0 Å². The smallest absolute Gasteiger partial charge is 0.237 e. The van der Waals surface area contributed by atoms with E-state index in [1.54, 1.807) is 24.3 Å². The van der Waals surface area contributed by atoms with E-state index in [4.69, 9.17) is 11.6 Å². The van der Waals surface area contributed by atoms with Crippen molar-refractivity contribution in [2.24, 2.45) is 11.8 Å². The van der Waals surface area contributed by atoms with Gasteiger partial charge in [-0.25, -0.2) is 4.90 Å². The van der Waals surface area contributed by atoms with Crippen LogP contribution in [-0.2, 0) is 9.59 Å². The van der Waals surface area contributed by atoms with Gasteiger partial charge in [0.1, 0.15) is 0 Å². The highest BCUT2D eigenvalue weighted by Crippen LogP contribution is 2.45. The van der Waals surface area contributed by atoms with E-state index >= 15 is 0 Å². The van der Waals surface area contributed by atoms with E-state index in [0.29, 0.717) is 23.6 Å². The van der Waals surface area contributed by atoms with Crippen molar-refractivity contribution in [3.05, 3.63) is 29.3 Å². The molecule has 1 heterocycles. The average Bonchev–Trinajstić information content (AvgIpc) is 2.64. The van der Waals surface area contributed by atoms with Gasteiger partial charge in [-0.2, -0.15) is 0 Å². The van der Waals surface area contributed by atoms with Crippen LogP contribution in [0.15, 0.2) is 24.3 Å². The van der Waals surface area contributed by atoms with Crippen LogP contribution < -0.4 is 4.90 Å². The third-order valence-corrected chi connectivity index (χ3v) is 7.06. The highest BCUT2D eigenvalue weighted by molar-refractivity contribution is 9.12. The Hall–Kier alpha value is -0.390. The van der Waals surface area contributed by atoms with Crippen molar-refractivity contribution in [2.75, 3.05) is 4.90 Å². The molecule has 4 atom stereocenters. The molecule has 0 radical (unpaired) electrons. The van der Waals surface area contributed by atoms with Crippen LogP contribution in [0.1, 0.15) is 12.8 Å². The molecule has 0 spiro atoms. The molecule has 1 saturated carbocycles. The van der Waals surface area contributed by atoms with E-state index in [2.05, 4.69) is 31.9 Å². The van der Waals surface area contributed by atoms with Crippen LogP contribution in [0.2, 0.25) is 5.02 Å². The summed E-state index contributed by atoms with van der Waals surface area (Å²) in [6, 6.07) is 6.98. The maximum absolute atomic E-state index is 12.6. The average molecular weight is 422 g/mol. The van der Waals surface area contributed by atoms with Crippen LogP contribution in [0.25, 0.3) is 0 Å². The maximum Gasteiger partial charge on any atom is 0.237 e. The van der Waals surface area contributed by atoms with Crippen molar-refractivity contribution >= 4 is 61.0 Å². The first-order valence-corrected chi connectivity index (χ1v) is 8.62. The van der Waals surface area contributed by atoms with Crippen molar-refractivity contribution < 1.29 is 9.59 Å². The second-order valence-corrected chi connectivity index (χ2v) is 7.94. The SMILES string of the molecule is O=C1[C@@H]2C[C@@H](Br)[C@@H](Br)C[C@H]2C(=O)N1c1ccccc1Cl. The minimum Gasteiger partial charge on any atom is -0.274 e. The summed E-state index contributed by atoms with van der Waals surface area (Å²) in [4.78, 5) is 26.8. The Bertz CT molecular complexity index is 552. The van der Waals surface area contributed by atoms with Gasteiger partial charge in [-0.05, 0) is 25.0 Å². The number of alkyl halides is 2. The molecule has 2 amide bonds. The number of carbonyl (C=O) groups is 2. The van der Waals surface area contributed by atoms with E-state index in [1.165, 1.54) is 4.90 Å². The van der Waals surface area contributed by atoms with Crippen LogP contribution >= 0.6 is 43.5 Å². The number of benzene rings is 1. The summed E-state index contributed by atoms with van der Waals surface area (Å²) in [6.45, 7) is 0. The fourth-order valence-electron chi connectivity index (χ4n) is 2.97. The van der Waals surface area contributed by atoms with E-state index in [-0.39, 0.29) is 33.3 Å². The van der Waals surface area contributed by atoms with Crippen LogP contribution in [0.5, 0.6) is 0 Å². The summed E-state index contributed by atoms with van der Waals surface area (Å²) in [5, 5.41) is 0.429. The molecule has 1 aromatic carbocycles. The molecule has 1 aliphatic heterocycles. The number of carbonyl (C=O) groups excluding carboxylic acids is 2. The highest BCUT2D eigenvalue weighted by Gasteiger charge is 2.52. The van der Waals surface area contributed by atoms with Crippen LogP contribution in [0.4, 0.5) is 5.69 Å². The monoisotopic (exact) mass is 419 g/mol. The zero-order valence-electron chi connectivity index (χ0n) is 10.4. The minimum atomic E-state index is -0.239. The molecule has 1 aromatic rings. The van der Waals surface area contributed by atoms with Crippen LogP contribution in [0.3, 0.4) is 0 Å². The molecule has 1 saturated heterocycles. The van der Waals surface area contributed by atoms with E-state index < -0.39 is 0 Å². The molecule has 106 valence electrons. The lowest BCUT2D eigenvalue weighted by molar-refractivity contribution is -0.122. The van der Waals surface area contributed by atoms with Crippen molar-refractivity contribution in [1.29, 1.82) is 0 Å². The predicted molar refractivity (Wildman–Crippen MR) is 85.6 cm³/mol. The summed E-state index contributed by atoms with van der Waals surface area (Å²) < 4.78 is 0. The summed E-state index contributed by atoms with van der Waals surface area (Å²) in [5.41, 5.74) is 0.496. The number of imide groups is 1. The summed E-state index contributed by atoms with van der Waals surface area (Å²) in [7, 11) is 0. The zero-order chi connectivity index (χ0) is 14.4. The molecule has 2 fully saturated rings. The Morgan fingerprint density at radius 1 is 1.00 bits per heavy atom. The number of nitrogens with zero attached hydrogens (tertiary/aromatic N) is 1. The van der Waals surface area contributed by atoms with E-state index in [1.807, 2.05) is 0 Å². The molecule has 20 heavy (non-hydrogen) atoms. The lowest BCUT2D eigenvalue weighted by atomic mass is 9.81. The number of halogens is 3. The van der Waals surface area contributed by atoms with Gasteiger partial charge in [0.15, 0.2) is 0 Å². The van der Waals surface area contributed by atoms with E-state index in [9.17, 15) is 9.59 Å². The van der Waals surface area contributed by atoms with Crippen molar-refractivity contribution in [3.63, 3.8) is 0 Å². The Morgan fingerprint density at radius 3 is 2.00 bits per heavy atom. The number of hydrogen-bond acceptors (Lipinski definition) is 2. The number of rotatable bonds is 1. The summed E-state index contributed by atoms with van der Waals surface area (Å²) >= 11 is 13.3. The van der Waals surface area contributed by atoms with Gasteiger partial charge in [-0.1, -0.05) is 55.6 Å². The van der Waals surface area contributed by atoms with Gasteiger partial charge in [0, 0.05) is 9.65 Å². The Kier molecular flexibility index (Phi) is 3.95. The molecular formula is C14H12Br2ClNO2. The molecule has 2 aliphatic rings. The topological polar surface area (TPSA) is 37.4 Å². The minimum absolute atomic E-state index is 0.128. The molecule has 1 aliphatic carbocycles. The normalized spacial score (nSPS) is 33.5. The van der Waals surface area contributed by atoms with Crippen molar-refractivity contribution in [1.82, 2.24) is 0 Å². The Labute approximate surface area is 138 Å². The van der Waals surface area contributed by atoms with Gasteiger partial charge < -0.3 is 0 Å². The first-order valence-electron chi connectivity index (χ1n) is 6.41. The number of para-hydroxylation sites is 1. The molecule has 0 unspecified atom stereocenters. The van der Waals surface area contributed by atoms with Gasteiger partial charge in [-0.3, -0.25) is 9.59 Å². The lowest BCUT2D eigenvalue weighted by Gasteiger charge is -2.29. The first-order chi connectivity index (χ1) is 9.50. The zero-order valence-corrected chi connectivity index (χ0v) is 14.4. The van der Waals surface area contributed by atoms with Crippen LogP contribution in [-0.4, -0.2) is 21.5 Å². The van der Waals surface area contributed by atoms with Gasteiger partial charge in [0.05, 0.1) is 22.5 Å². The molecule has 6 heteroatoms. The Morgan fingerprint density at radius 2 is 1.50 bits per heavy atom. The molecule has 0 aromatic heterocycles. The number of hydrogen-bond donors (Lipinski definition) is 0. The van der Waals surface area contributed by atoms with Gasteiger partial charge in [0.25, 0.3) is 0 Å². The fourth-order valence-corrected chi connectivity index (χ4v) is 4.42.